The van der Waals surface area contributed by atoms with Crippen molar-refractivity contribution in [3.63, 3.8) is 0 Å². The van der Waals surface area contributed by atoms with Gasteiger partial charge in [-0.1, -0.05) is 12.1 Å². The van der Waals surface area contributed by atoms with Crippen molar-refractivity contribution in [1.82, 2.24) is 15.3 Å². The number of hydrogen-bond donors (Lipinski definition) is 4. The van der Waals surface area contributed by atoms with Crippen LogP contribution in [-0.4, -0.2) is 34.7 Å². The van der Waals surface area contributed by atoms with Crippen LogP contribution in [0.3, 0.4) is 0 Å². The zero-order chi connectivity index (χ0) is 22.4. The number of carbonyl (C=O) groups is 1. The smallest absolute Gasteiger partial charge is 0.258 e. The minimum atomic E-state index is -0.175. The van der Waals surface area contributed by atoms with Crippen LogP contribution in [0.15, 0.2) is 48.7 Å². The maximum Gasteiger partial charge on any atom is 0.258 e. The molecule has 2 aromatic carbocycles. The van der Waals surface area contributed by atoms with Crippen LogP contribution in [0.1, 0.15) is 25.0 Å². The van der Waals surface area contributed by atoms with E-state index in [2.05, 4.69) is 20.6 Å². The number of hydrogen-bond acceptors (Lipinski definition) is 7. The van der Waals surface area contributed by atoms with Gasteiger partial charge in [-0.15, -0.1) is 0 Å². The molecule has 0 fully saturated rings. The molecule has 0 aliphatic rings. The summed E-state index contributed by atoms with van der Waals surface area (Å²) in [6, 6.07) is 12.7. The summed E-state index contributed by atoms with van der Waals surface area (Å²) in [5, 5.41) is 13.6. The molecule has 3 aromatic rings. The SMILES string of the molecule is Cc1c(Nc2ccnc(-c3cccc(OCC(=O)NC(C)C)c3)n2)ccc(N)c1C=N. The van der Waals surface area contributed by atoms with Crippen molar-refractivity contribution < 1.29 is 9.53 Å². The second kappa shape index (κ2) is 9.71. The molecule has 0 saturated carbocycles. The average Bonchev–Trinajstić information content (AvgIpc) is 2.75. The molecule has 0 atom stereocenters. The summed E-state index contributed by atoms with van der Waals surface area (Å²) in [7, 11) is 0. The van der Waals surface area contributed by atoms with Gasteiger partial charge >= 0.3 is 0 Å². The number of nitrogen functional groups attached to an aromatic ring is 1. The molecular weight excluding hydrogens is 392 g/mol. The second-order valence-corrected chi connectivity index (χ2v) is 7.31. The molecule has 0 aliphatic heterocycles. The van der Waals surface area contributed by atoms with E-state index in [-0.39, 0.29) is 18.6 Å². The predicted octanol–water partition coefficient (Wildman–Crippen LogP) is 3.68. The average molecular weight is 419 g/mol. The normalized spacial score (nSPS) is 10.6. The summed E-state index contributed by atoms with van der Waals surface area (Å²) in [6.45, 7) is 5.64. The fourth-order valence-electron chi connectivity index (χ4n) is 3.02. The van der Waals surface area contributed by atoms with E-state index in [9.17, 15) is 4.79 Å². The topological polar surface area (TPSA) is 126 Å². The first-order valence-corrected chi connectivity index (χ1v) is 9.89. The van der Waals surface area contributed by atoms with Gasteiger partial charge in [0, 0.05) is 41.0 Å². The summed E-state index contributed by atoms with van der Waals surface area (Å²) in [5.74, 6) is 1.51. The Bertz CT molecular complexity index is 1100. The monoisotopic (exact) mass is 418 g/mol. The Morgan fingerprint density at radius 3 is 2.81 bits per heavy atom. The first kappa shape index (κ1) is 21.8. The van der Waals surface area contributed by atoms with Crippen LogP contribution in [0, 0.1) is 12.3 Å². The molecule has 3 rings (SSSR count). The first-order valence-electron chi connectivity index (χ1n) is 9.89. The predicted molar refractivity (Wildman–Crippen MR) is 123 cm³/mol. The van der Waals surface area contributed by atoms with Crippen molar-refractivity contribution in [2.24, 2.45) is 0 Å². The molecule has 31 heavy (non-hydrogen) atoms. The second-order valence-electron chi connectivity index (χ2n) is 7.31. The van der Waals surface area contributed by atoms with Crippen LogP contribution in [-0.2, 0) is 4.79 Å². The molecule has 0 bridgehead atoms. The van der Waals surface area contributed by atoms with Gasteiger partial charge < -0.3 is 26.5 Å². The minimum absolute atomic E-state index is 0.0597. The van der Waals surface area contributed by atoms with Crippen molar-refractivity contribution in [3.05, 3.63) is 59.8 Å². The van der Waals surface area contributed by atoms with Crippen LogP contribution >= 0.6 is 0 Å². The third-order valence-electron chi connectivity index (χ3n) is 4.52. The maximum atomic E-state index is 11.8. The van der Waals surface area contributed by atoms with Gasteiger partial charge in [0.2, 0.25) is 0 Å². The molecule has 5 N–H and O–H groups in total. The summed E-state index contributed by atoms with van der Waals surface area (Å²) < 4.78 is 5.59. The standard InChI is InChI=1S/C23H26N6O2/c1-14(2)27-22(30)13-31-17-6-4-5-16(11-17)23-26-10-9-21(29-23)28-20-8-7-19(25)18(12-24)15(20)3/h4-12,14,24H,13,25H2,1-3H3,(H,27,30)(H,26,28,29). The molecule has 0 spiro atoms. The van der Waals surface area contributed by atoms with Gasteiger partial charge in [0.05, 0.1) is 0 Å². The van der Waals surface area contributed by atoms with Gasteiger partial charge in [0.1, 0.15) is 11.6 Å². The summed E-state index contributed by atoms with van der Waals surface area (Å²) in [5.41, 5.74) is 9.60. The largest absolute Gasteiger partial charge is 0.484 e. The number of benzene rings is 2. The summed E-state index contributed by atoms with van der Waals surface area (Å²) in [4.78, 5) is 20.7. The van der Waals surface area contributed by atoms with Crippen molar-refractivity contribution in [3.8, 4) is 17.1 Å². The van der Waals surface area contributed by atoms with Gasteiger partial charge in [-0.3, -0.25) is 4.79 Å². The van der Waals surface area contributed by atoms with Gasteiger partial charge in [0.15, 0.2) is 12.4 Å². The lowest BCUT2D eigenvalue weighted by Crippen LogP contribution is -2.34. The highest BCUT2D eigenvalue weighted by Gasteiger charge is 2.10. The van der Waals surface area contributed by atoms with Crippen LogP contribution in [0.5, 0.6) is 5.75 Å². The Morgan fingerprint density at radius 2 is 2.06 bits per heavy atom. The van der Waals surface area contributed by atoms with E-state index in [1.54, 1.807) is 30.5 Å². The van der Waals surface area contributed by atoms with E-state index in [4.69, 9.17) is 15.9 Å². The van der Waals surface area contributed by atoms with Gasteiger partial charge in [-0.2, -0.15) is 0 Å². The van der Waals surface area contributed by atoms with E-state index in [1.165, 1.54) is 6.21 Å². The third kappa shape index (κ3) is 5.57. The summed E-state index contributed by atoms with van der Waals surface area (Å²) in [6.07, 6.45) is 2.91. The quantitative estimate of drug-likeness (QED) is 0.327. The number of rotatable bonds is 8. The van der Waals surface area contributed by atoms with E-state index >= 15 is 0 Å². The number of ether oxygens (including phenoxy) is 1. The fraction of sp³-hybridized carbons (Fsp3) is 0.217. The number of nitrogens with zero attached hydrogens (tertiary/aromatic N) is 2. The molecule has 0 saturated heterocycles. The molecule has 0 aliphatic carbocycles. The van der Waals surface area contributed by atoms with Gasteiger partial charge in [0.25, 0.3) is 5.91 Å². The number of amides is 1. The zero-order valence-corrected chi connectivity index (χ0v) is 17.8. The number of carbonyl (C=O) groups excluding carboxylic acids is 1. The number of nitrogens with one attached hydrogen (secondary N) is 3. The van der Waals surface area contributed by atoms with E-state index in [1.807, 2.05) is 39.0 Å². The minimum Gasteiger partial charge on any atom is -0.484 e. The highest BCUT2D eigenvalue weighted by Crippen LogP contribution is 2.27. The molecule has 0 radical (unpaired) electrons. The van der Waals surface area contributed by atoms with E-state index < -0.39 is 0 Å². The Balaban J connectivity index is 1.78. The third-order valence-corrected chi connectivity index (χ3v) is 4.52. The van der Waals surface area contributed by atoms with Crippen LogP contribution in [0.2, 0.25) is 0 Å². The Morgan fingerprint density at radius 1 is 1.26 bits per heavy atom. The molecule has 1 amide bonds. The zero-order valence-electron chi connectivity index (χ0n) is 17.8. The first-order chi connectivity index (χ1) is 14.9. The van der Waals surface area contributed by atoms with Crippen molar-refractivity contribution >= 4 is 29.3 Å². The van der Waals surface area contributed by atoms with Gasteiger partial charge in [-0.05, 0) is 56.7 Å². The molecule has 8 heteroatoms. The lowest BCUT2D eigenvalue weighted by molar-refractivity contribution is -0.123. The van der Waals surface area contributed by atoms with Crippen molar-refractivity contribution in [2.75, 3.05) is 17.7 Å². The van der Waals surface area contributed by atoms with Crippen molar-refractivity contribution in [1.29, 1.82) is 5.41 Å². The highest BCUT2D eigenvalue weighted by atomic mass is 16.5. The number of aromatic nitrogens is 2. The highest BCUT2D eigenvalue weighted by molar-refractivity contribution is 5.90. The molecule has 8 nitrogen and oxygen atoms in total. The molecule has 1 heterocycles. The van der Waals surface area contributed by atoms with Crippen LogP contribution in [0.4, 0.5) is 17.2 Å². The van der Waals surface area contributed by atoms with E-state index in [0.717, 1.165) is 16.8 Å². The molecule has 160 valence electrons. The summed E-state index contributed by atoms with van der Waals surface area (Å²) >= 11 is 0. The van der Waals surface area contributed by atoms with Crippen LogP contribution in [0.25, 0.3) is 11.4 Å². The number of anilines is 3. The molecular formula is C23H26N6O2. The molecule has 1 aromatic heterocycles. The fourth-order valence-corrected chi connectivity index (χ4v) is 3.02. The molecule has 0 unspecified atom stereocenters. The van der Waals surface area contributed by atoms with Gasteiger partial charge in [-0.25, -0.2) is 9.97 Å². The Labute approximate surface area is 181 Å². The lowest BCUT2D eigenvalue weighted by atomic mass is 10.1. The maximum absolute atomic E-state index is 11.8. The van der Waals surface area contributed by atoms with E-state index in [0.29, 0.717) is 28.6 Å². The number of nitrogens with two attached hydrogens (primary N) is 1. The van der Waals surface area contributed by atoms with Crippen molar-refractivity contribution in [2.45, 2.75) is 26.8 Å². The Kier molecular flexibility index (Phi) is 6.81. The lowest BCUT2D eigenvalue weighted by Gasteiger charge is -2.13. The van der Waals surface area contributed by atoms with Crippen LogP contribution < -0.4 is 21.1 Å². The Hall–Kier alpha value is -3.94.